The number of nitrogens with one attached hydrogen (secondary N) is 2. The SMILES string of the molecule is CNc1nc(NCCS(C)=O)c2sccc2n1. The van der Waals surface area contributed by atoms with Crippen LogP contribution in [-0.2, 0) is 10.8 Å². The van der Waals surface area contributed by atoms with Crippen molar-refractivity contribution in [3.8, 4) is 0 Å². The van der Waals surface area contributed by atoms with Gasteiger partial charge in [-0.05, 0) is 11.4 Å². The van der Waals surface area contributed by atoms with Crippen LogP contribution in [0.5, 0.6) is 0 Å². The molecule has 2 N–H and O–H groups in total. The number of nitrogens with zero attached hydrogens (tertiary/aromatic N) is 2. The summed E-state index contributed by atoms with van der Waals surface area (Å²) in [6, 6.07) is 1.96. The van der Waals surface area contributed by atoms with E-state index in [4.69, 9.17) is 0 Å². The number of thiophene rings is 1. The molecule has 0 aromatic carbocycles. The molecule has 2 heterocycles. The summed E-state index contributed by atoms with van der Waals surface area (Å²) in [7, 11) is 1.00. The second kappa shape index (κ2) is 5.42. The van der Waals surface area contributed by atoms with Crippen LogP contribution in [0.15, 0.2) is 11.4 Å². The number of anilines is 2. The molecule has 1 atom stereocenters. The zero-order valence-electron chi connectivity index (χ0n) is 9.69. The average Bonchev–Trinajstić information content (AvgIpc) is 2.76. The summed E-state index contributed by atoms with van der Waals surface area (Å²) in [5.74, 6) is 2.02. The third-order valence-corrected chi connectivity index (χ3v) is 3.90. The molecule has 0 aliphatic rings. The highest BCUT2D eigenvalue weighted by Gasteiger charge is 2.07. The van der Waals surface area contributed by atoms with Crippen molar-refractivity contribution in [2.24, 2.45) is 0 Å². The smallest absolute Gasteiger partial charge is 0.225 e. The van der Waals surface area contributed by atoms with E-state index in [0.29, 0.717) is 18.2 Å². The molecule has 1 unspecified atom stereocenters. The molecule has 0 radical (unpaired) electrons. The molecule has 0 aliphatic carbocycles. The molecule has 17 heavy (non-hydrogen) atoms. The molecule has 0 fully saturated rings. The molecule has 0 saturated heterocycles. The number of hydrogen-bond acceptors (Lipinski definition) is 6. The summed E-state index contributed by atoms with van der Waals surface area (Å²) in [5.41, 5.74) is 0.925. The lowest BCUT2D eigenvalue weighted by Crippen LogP contribution is -2.11. The Balaban J connectivity index is 2.24. The van der Waals surface area contributed by atoms with Gasteiger partial charge in [0.05, 0.1) is 10.2 Å². The van der Waals surface area contributed by atoms with E-state index in [1.165, 1.54) is 0 Å². The normalized spacial score (nSPS) is 12.6. The zero-order valence-corrected chi connectivity index (χ0v) is 11.3. The van der Waals surface area contributed by atoms with E-state index in [1.807, 2.05) is 11.4 Å². The predicted molar refractivity (Wildman–Crippen MR) is 74.4 cm³/mol. The number of fused-ring (bicyclic) bond motifs is 1. The van der Waals surface area contributed by atoms with Gasteiger partial charge in [-0.3, -0.25) is 4.21 Å². The van der Waals surface area contributed by atoms with Crippen LogP contribution in [-0.4, -0.2) is 39.8 Å². The fourth-order valence-corrected chi connectivity index (χ4v) is 2.59. The average molecular weight is 270 g/mol. The standard InChI is InChI=1S/C10H14N4OS2/c1-11-10-13-7-3-5-16-8(7)9(14-10)12-4-6-17(2)15/h3,5H,4,6H2,1-2H3,(H2,11,12,13,14). The Morgan fingerprint density at radius 3 is 3.00 bits per heavy atom. The molecular weight excluding hydrogens is 256 g/mol. The van der Waals surface area contributed by atoms with Gasteiger partial charge in [0.2, 0.25) is 5.95 Å². The molecule has 0 amide bonds. The van der Waals surface area contributed by atoms with Crippen molar-refractivity contribution >= 4 is 44.1 Å². The van der Waals surface area contributed by atoms with E-state index < -0.39 is 10.8 Å². The quantitative estimate of drug-likeness (QED) is 0.862. The maximum Gasteiger partial charge on any atom is 0.225 e. The maximum absolute atomic E-state index is 11.0. The van der Waals surface area contributed by atoms with Crippen LogP contribution in [0.3, 0.4) is 0 Å². The maximum atomic E-state index is 11.0. The van der Waals surface area contributed by atoms with Gasteiger partial charge in [-0.25, -0.2) is 4.98 Å². The van der Waals surface area contributed by atoms with Crippen LogP contribution in [0, 0.1) is 0 Å². The highest BCUT2D eigenvalue weighted by Crippen LogP contribution is 2.26. The first-order valence-corrected chi connectivity index (χ1v) is 7.78. The molecule has 2 rings (SSSR count). The highest BCUT2D eigenvalue weighted by atomic mass is 32.2. The summed E-state index contributed by atoms with van der Waals surface area (Å²) in [6.07, 6.45) is 1.70. The second-order valence-electron chi connectivity index (χ2n) is 3.48. The lowest BCUT2D eigenvalue weighted by Gasteiger charge is -2.07. The predicted octanol–water partition coefficient (Wildman–Crippen LogP) is 1.52. The third kappa shape index (κ3) is 2.92. The van der Waals surface area contributed by atoms with Gasteiger partial charge in [-0.2, -0.15) is 4.98 Å². The second-order valence-corrected chi connectivity index (χ2v) is 5.96. The van der Waals surface area contributed by atoms with Gasteiger partial charge < -0.3 is 10.6 Å². The van der Waals surface area contributed by atoms with Crippen molar-refractivity contribution in [2.75, 3.05) is 36.2 Å². The van der Waals surface area contributed by atoms with E-state index in [2.05, 4.69) is 20.6 Å². The molecule has 2 aromatic rings. The first-order valence-electron chi connectivity index (χ1n) is 5.17. The molecule has 0 aliphatic heterocycles. The minimum atomic E-state index is -0.789. The first-order chi connectivity index (χ1) is 8.20. The molecule has 2 aromatic heterocycles. The van der Waals surface area contributed by atoms with Gasteiger partial charge >= 0.3 is 0 Å². The van der Waals surface area contributed by atoms with Gasteiger partial charge in [-0.15, -0.1) is 11.3 Å². The fraction of sp³-hybridized carbons (Fsp3) is 0.400. The Hall–Kier alpha value is -1.21. The van der Waals surface area contributed by atoms with Crippen LogP contribution in [0.1, 0.15) is 0 Å². The lowest BCUT2D eigenvalue weighted by molar-refractivity contribution is 0.687. The highest BCUT2D eigenvalue weighted by molar-refractivity contribution is 7.84. The molecule has 7 heteroatoms. The van der Waals surface area contributed by atoms with Crippen molar-refractivity contribution in [2.45, 2.75) is 0 Å². The Morgan fingerprint density at radius 1 is 1.47 bits per heavy atom. The summed E-state index contributed by atoms with van der Waals surface area (Å²) < 4.78 is 12.0. The summed E-state index contributed by atoms with van der Waals surface area (Å²) in [6.45, 7) is 0.649. The van der Waals surface area contributed by atoms with Crippen molar-refractivity contribution in [3.05, 3.63) is 11.4 Å². The van der Waals surface area contributed by atoms with Crippen molar-refractivity contribution in [1.29, 1.82) is 0 Å². The minimum absolute atomic E-state index is 0.594. The minimum Gasteiger partial charge on any atom is -0.368 e. The summed E-state index contributed by atoms with van der Waals surface area (Å²) in [5, 5.41) is 8.12. The molecule has 0 bridgehead atoms. The number of rotatable bonds is 5. The van der Waals surface area contributed by atoms with Crippen molar-refractivity contribution in [3.63, 3.8) is 0 Å². The van der Waals surface area contributed by atoms with Crippen molar-refractivity contribution < 1.29 is 4.21 Å². The molecule has 92 valence electrons. The van der Waals surface area contributed by atoms with Crippen LogP contribution in [0.4, 0.5) is 11.8 Å². The van der Waals surface area contributed by atoms with E-state index >= 15 is 0 Å². The van der Waals surface area contributed by atoms with E-state index in [9.17, 15) is 4.21 Å². The monoisotopic (exact) mass is 270 g/mol. The van der Waals surface area contributed by atoms with Gasteiger partial charge in [-0.1, -0.05) is 0 Å². The Bertz CT molecular complexity index is 540. The summed E-state index contributed by atoms with van der Waals surface area (Å²) in [4.78, 5) is 8.71. The third-order valence-electron chi connectivity index (χ3n) is 2.21. The number of aromatic nitrogens is 2. The number of hydrogen-bond donors (Lipinski definition) is 2. The van der Waals surface area contributed by atoms with Crippen LogP contribution >= 0.6 is 11.3 Å². The van der Waals surface area contributed by atoms with Crippen LogP contribution in [0.25, 0.3) is 10.2 Å². The van der Waals surface area contributed by atoms with Crippen LogP contribution < -0.4 is 10.6 Å². The van der Waals surface area contributed by atoms with Gasteiger partial charge in [0.25, 0.3) is 0 Å². The van der Waals surface area contributed by atoms with E-state index in [0.717, 1.165) is 16.0 Å². The lowest BCUT2D eigenvalue weighted by atomic mass is 10.4. The molecular formula is C10H14N4OS2. The van der Waals surface area contributed by atoms with Gasteiger partial charge in [0, 0.05) is 36.4 Å². The largest absolute Gasteiger partial charge is 0.368 e. The van der Waals surface area contributed by atoms with Gasteiger partial charge in [0.1, 0.15) is 5.82 Å². The summed E-state index contributed by atoms with van der Waals surface area (Å²) >= 11 is 1.60. The first kappa shape index (κ1) is 12.3. The van der Waals surface area contributed by atoms with Gasteiger partial charge in [0.15, 0.2) is 0 Å². The van der Waals surface area contributed by atoms with Crippen LogP contribution in [0.2, 0.25) is 0 Å². The zero-order chi connectivity index (χ0) is 12.3. The Labute approximate surface area is 106 Å². The van der Waals surface area contributed by atoms with E-state index in [1.54, 1.807) is 24.6 Å². The fourth-order valence-electron chi connectivity index (χ4n) is 1.41. The van der Waals surface area contributed by atoms with E-state index in [-0.39, 0.29) is 0 Å². The molecule has 5 nitrogen and oxygen atoms in total. The topological polar surface area (TPSA) is 66.9 Å². The Morgan fingerprint density at radius 2 is 2.29 bits per heavy atom. The van der Waals surface area contributed by atoms with Crippen molar-refractivity contribution in [1.82, 2.24) is 9.97 Å². The molecule has 0 spiro atoms. The Kier molecular flexibility index (Phi) is 3.90. The molecule has 0 saturated carbocycles.